The van der Waals surface area contributed by atoms with Crippen LogP contribution in [0.3, 0.4) is 0 Å². The number of hydrogen-bond donors (Lipinski definition) is 0. The van der Waals surface area contributed by atoms with Gasteiger partial charge in [0.1, 0.15) is 5.75 Å². The zero-order chi connectivity index (χ0) is 13.2. The first-order valence-corrected chi connectivity index (χ1v) is 6.25. The van der Waals surface area contributed by atoms with E-state index >= 15 is 0 Å². The summed E-state index contributed by atoms with van der Waals surface area (Å²) >= 11 is 0. The Labute approximate surface area is 108 Å². The van der Waals surface area contributed by atoms with Crippen molar-refractivity contribution in [2.24, 2.45) is 0 Å². The van der Waals surface area contributed by atoms with Gasteiger partial charge in [-0.15, -0.1) is 0 Å². The van der Waals surface area contributed by atoms with Crippen molar-refractivity contribution in [2.45, 2.75) is 26.2 Å². The van der Waals surface area contributed by atoms with Gasteiger partial charge in [-0.2, -0.15) is 0 Å². The first-order chi connectivity index (χ1) is 8.76. The molecule has 0 fully saturated rings. The fourth-order valence-corrected chi connectivity index (χ4v) is 1.45. The van der Waals surface area contributed by atoms with Crippen LogP contribution in [0, 0.1) is 0 Å². The molecule has 18 heavy (non-hydrogen) atoms. The SMILES string of the molecule is CCCCCOc1ccc(C=CC(=O)OC)cc1. The summed E-state index contributed by atoms with van der Waals surface area (Å²) in [6.07, 6.45) is 6.59. The second-order valence-corrected chi connectivity index (χ2v) is 3.98. The molecule has 1 rings (SSSR count). The molecule has 3 heteroatoms. The van der Waals surface area contributed by atoms with E-state index in [4.69, 9.17) is 4.74 Å². The largest absolute Gasteiger partial charge is 0.494 e. The molecule has 0 aliphatic rings. The van der Waals surface area contributed by atoms with Crippen LogP contribution < -0.4 is 4.74 Å². The van der Waals surface area contributed by atoms with Crippen molar-refractivity contribution >= 4 is 12.0 Å². The molecule has 0 aliphatic heterocycles. The highest BCUT2D eigenvalue weighted by molar-refractivity contribution is 5.86. The van der Waals surface area contributed by atoms with Crippen LogP contribution in [0.2, 0.25) is 0 Å². The van der Waals surface area contributed by atoms with E-state index in [1.807, 2.05) is 24.3 Å². The molecule has 0 aliphatic carbocycles. The number of rotatable bonds is 7. The van der Waals surface area contributed by atoms with E-state index in [9.17, 15) is 4.79 Å². The average molecular weight is 248 g/mol. The van der Waals surface area contributed by atoms with Gasteiger partial charge in [0.15, 0.2) is 0 Å². The molecule has 0 spiro atoms. The summed E-state index contributed by atoms with van der Waals surface area (Å²) < 4.78 is 10.1. The van der Waals surface area contributed by atoms with Crippen LogP contribution in [0.4, 0.5) is 0 Å². The van der Waals surface area contributed by atoms with Crippen LogP contribution in [0.5, 0.6) is 5.75 Å². The van der Waals surface area contributed by atoms with Crippen molar-refractivity contribution in [3.8, 4) is 5.75 Å². The summed E-state index contributed by atoms with van der Waals surface area (Å²) in [4.78, 5) is 10.9. The summed E-state index contributed by atoms with van der Waals surface area (Å²) in [6, 6.07) is 7.63. The van der Waals surface area contributed by atoms with Gasteiger partial charge in [-0.3, -0.25) is 0 Å². The second-order valence-electron chi connectivity index (χ2n) is 3.98. The quantitative estimate of drug-likeness (QED) is 0.421. The number of benzene rings is 1. The highest BCUT2D eigenvalue weighted by Gasteiger charge is 1.95. The number of methoxy groups -OCH3 is 1. The number of esters is 1. The van der Waals surface area contributed by atoms with E-state index in [0.717, 1.165) is 24.3 Å². The fraction of sp³-hybridized carbons (Fsp3) is 0.400. The Bertz CT molecular complexity index is 379. The molecular weight excluding hydrogens is 228 g/mol. The van der Waals surface area contributed by atoms with Crippen LogP contribution in [0.25, 0.3) is 6.08 Å². The molecule has 0 aromatic heterocycles. The third-order valence-electron chi connectivity index (χ3n) is 2.51. The molecule has 98 valence electrons. The van der Waals surface area contributed by atoms with E-state index in [2.05, 4.69) is 11.7 Å². The van der Waals surface area contributed by atoms with Crippen molar-refractivity contribution < 1.29 is 14.3 Å². The number of hydrogen-bond acceptors (Lipinski definition) is 3. The van der Waals surface area contributed by atoms with Crippen molar-refractivity contribution in [3.63, 3.8) is 0 Å². The lowest BCUT2D eigenvalue weighted by molar-refractivity contribution is -0.134. The maximum atomic E-state index is 10.9. The van der Waals surface area contributed by atoms with Crippen LogP contribution >= 0.6 is 0 Å². The van der Waals surface area contributed by atoms with E-state index in [-0.39, 0.29) is 5.97 Å². The average Bonchev–Trinajstić information content (AvgIpc) is 2.42. The Kier molecular flexibility index (Phi) is 6.62. The number of carbonyl (C=O) groups excluding carboxylic acids is 1. The summed E-state index contributed by atoms with van der Waals surface area (Å²) in [5.74, 6) is 0.510. The maximum Gasteiger partial charge on any atom is 0.330 e. The third-order valence-corrected chi connectivity index (χ3v) is 2.51. The minimum absolute atomic E-state index is 0.352. The standard InChI is InChI=1S/C15H20O3/c1-3-4-5-12-18-14-9-6-13(7-10-14)8-11-15(16)17-2/h6-11H,3-5,12H2,1-2H3. The summed E-state index contributed by atoms with van der Waals surface area (Å²) in [5, 5.41) is 0. The third kappa shape index (κ3) is 5.53. The van der Waals surface area contributed by atoms with E-state index in [1.54, 1.807) is 6.08 Å². The van der Waals surface area contributed by atoms with Crippen molar-refractivity contribution in [1.82, 2.24) is 0 Å². The summed E-state index contributed by atoms with van der Waals surface area (Å²) in [6.45, 7) is 2.92. The van der Waals surface area contributed by atoms with E-state index < -0.39 is 0 Å². The number of carbonyl (C=O) groups is 1. The van der Waals surface area contributed by atoms with Crippen LogP contribution in [0.15, 0.2) is 30.3 Å². The molecule has 0 radical (unpaired) electrons. The molecule has 3 nitrogen and oxygen atoms in total. The van der Waals surface area contributed by atoms with Gasteiger partial charge in [0.25, 0.3) is 0 Å². The monoisotopic (exact) mass is 248 g/mol. The predicted octanol–water partition coefficient (Wildman–Crippen LogP) is 3.44. The molecule has 0 unspecified atom stereocenters. The Morgan fingerprint density at radius 3 is 2.56 bits per heavy atom. The Balaban J connectivity index is 2.42. The van der Waals surface area contributed by atoms with Crippen LogP contribution in [-0.2, 0) is 9.53 Å². The van der Waals surface area contributed by atoms with Gasteiger partial charge < -0.3 is 9.47 Å². The molecular formula is C15H20O3. The Morgan fingerprint density at radius 1 is 1.22 bits per heavy atom. The number of ether oxygens (including phenoxy) is 2. The minimum atomic E-state index is -0.352. The molecule has 0 saturated heterocycles. The summed E-state index contributed by atoms with van der Waals surface area (Å²) in [7, 11) is 1.36. The van der Waals surface area contributed by atoms with Gasteiger partial charge in [-0.1, -0.05) is 31.9 Å². The highest BCUT2D eigenvalue weighted by Crippen LogP contribution is 2.13. The molecule has 1 aromatic rings. The molecule has 0 atom stereocenters. The molecule has 0 saturated carbocycles. The van der Waals surface area contributed by atoms with Crippen LogP contribution in [0.1, 0.15) is 31.7 Å². The highest BCUT2D eigenvalue weighted by atomic mass is 16.5. The van der Waals surface area contributed by atoms with E-state index in [1.165, 1.54) is 26.0 Å². The fourth-order valence-electron chi connectivity index (χ4n) is 1.45. The van der Waals surface area contributed by atoms with Gasteiger partial charge in [-0.25, -0.2) is 4.79 Å². The minimum Gasteiger partial charge on any atom is -0.494 e. The van der Waals surface area contributed by atoms with Gasteiger partial charge in [-0.05, 0) is 30.2 Å². The van der Waals surface area contributed by atoms with Crippen molar-refractivity contribution in [2.75, 3.05) is 13.7 Å². The molecule has 1 aromatic carbocycles. The molecule has 0 heterocycles. The number of unbranched alkanes of at least 4 members (excludes halogenated alkanes) is 2. The molecule has 0 N–H and O–H groups in total. The first-order valence-electron chi connectivity index (χ1n) is 6.25. The van der Waals surface area contributed by atoms with Gasteiger partial charge in [0.2, 0.25) is 0 Å². The van der Waals surface area contributed by atoms with E-state index in [0.29, 0.717) is 0 Å². The zero-order valence-electron chi connectivity index (χ0n) is 11.0. The second kappa shape index (κ2) is 8.34. The van der Waals surface area contributed by atoms with Gasteiger partial charge in [0.05, 0.1) is 13.7 Å². The summed E-state index contributed by atoms with van der Waals surface area (Å²) in [5.41, 5.74) is 0.946. The van der Waals surface area contributed by atoms with Crippen LogP contribution in [-0.4, -0.2) is 19.7 Å². The lowest BCUT2D eigenvalue weighted by Gasteiger charge is -2.05. The molecule has 0 bridgehead atoms. The Morgan fingerprint density at radius 2 is 1.94 bits per heavy atom. The maximum absolute atomic E-state index is 10.9. The lowest BCUT2D eigenvalue weighted by atomic mass is 10.2. The smallest absolute Gasteiger partial charge is 0.330 e. The van der Waals surface area contributed by atoms with Crippen molar-refractivity contribution in [3.05, 3.63) is 35.9 Å². The predicted molar refractivity (Wildman–Crippen MR) is 72.5 cm³/mol. The lowest BCUT2D eigenvalue weighted by Crippen LogP contribution is -1.96. The Hall–Kier alpha value is -1.77. The van der Waals surface area contributed by atoms with Gasteiger partial charge >= 0.3 is 5.97 Å². The zero-order valence-corrected chi connectivity index (χ0v) is 11.0. The first kappa shape index (κ1) is 14.3. The topological polar surface area (TPSA) is 35.5 Å². The molecule has 0 amide bonds. The normalized spacial score (nSPS) is 10.6. The van der Waals surface area contributed by atoms with Gasteiger partial charge in [0, 0.05) is 6.08 Å². The van der Waals surface area contributed by atoms with Crippen molar-refractivity contribution in [1.29, 1.82) is 0 Å².